The minimum absolute atomic E-state index is 0.0114. The smallest absolute Gasteiger partial charge is 0.254 e. The van der Waals surface area contributed by atoms with Crippen LogP contribution in [0.25, 0.3) is 0 Å². The van der Waals surface area contributed by atoms with Crippen molar-refractivity contribution in [2.75, 3.05) is 6.54 Å². The Morgan fingerprint density at radius 1 is 1.07 bits per heavy atom. The van der Waals surface area contributed by atoms with Crippen LogP contribution in [0.2, 0.25) is 0 Å². The minimum atomic E-state index is -3.53. The number of nitrogens with zero attached hydrogens (tertiary/aromatic N) is 2. The molecule has 1 atom stereocenters. The Balaban J connectivity index is 1.80. The number of piperidine rings is 1. The summed E-state index contributed by atoms with van der Waals surface area (Å²) < 4.78 is 27.6. The van der Waals surface area contributed by atoms with Crippen LogP contribution in [0.5, 0.6) is 0 Å². The SMILES string of the molecule is CC(C)N(Cc1ccccc1)C(=O)c1ccc(S(=O)(=O)N2CCCCC2C)cc1. The number of amides is 1. The van der Waals surface area contributed by atoms with E-state index in [2.05, 4.69) is 0 Å². The van der Waals surface area contributed by atoms with Gasteiger partial charge in [-0.2, -0.15) is 4.31 Å². The Labute approximate surface area is 174 Å². The molecule has 1 aliphatic heterocycles. The fourth-order valence-electron chi connectivity index (χ4n) is 3.77. The molecule has 0 bridgehead atoms. The number of sulfonamides is 1. The third-order valence-corrected chi connectivity index (χ3v) is 7.56. The predicted octanol–water partition coefficient (Wildman–Crippen LogP) is 4.30. The highest BCUT2D eigenvalue weighted by atomic mass is 32.2. The van der Waals surface area contributed by atoms with Gasteiger partial charge in [0.1, 0.15) is 0 Å². The number of hydrogen-bond acceptors (Lipinski definition) is 3. The van der Waals surface area contributed by atoms with Gasteiger partial charge in [-0.15, -0.1) is 0 Å². The van der Waals surface area contributed by atoms with Gasteiger partial charge in [-0.25, -0.2) is 8.42 Å². The van der Waals surface area contributed by atoms with E-state index in [1.807, 2.05) is 51.1 Å². The Bertz CT molecular complexity index is 924. The zero-order valence-electron chi connectivity index (χ0n) is 17.4. The molecule has 2 aromatic rings. The van der Waals surface area contributed by atoms with Gasteiger partial charge in [0.15, 0.2) is 0 Å². The van der Waals surface area contributed by atoms with Crippen molar-refractivity contribution in [2.45, 2.75) is 63.6 Å². The molecule has 1 fully saturated rings. The molecule has 1 saturated heterocycles. The van der Waals surface area contributed by atoms with E-state index in [-0.39, 0.29) is 22.9 Å². The Morgan fingerprint density at radius 3 is 2.31 bits per heavy atom. The zero-order chi connectivity index (χ0) is 21.0. The van der Waals surface area contributed by atoms with Gasteiger partial charge in [-0.3, -0.25) is 4.79 Å². The first kappa shape index (κ1) is 21.5. The molecule has 29 heavy (non-hydrogen) atoms. The number of benzene rings is 2. The topological polar surface area (TPSA) is 57.7 Å². The maximum Gasteiger partial charge on any atom is 0.254 e. The number of carbonyl (C=O) groups excluding carboxylic acids is 1. The summed E-state index contributed by atoms with van der Waals surface area (Å²) in [5.74, 6) is -0.0980. The molecular weight excluding hydrogens is 384 g/mol. The Kier molecular flexibility index (Phi) is 6.75. The van der Waals surface area contributed by atoms with E-state index in [1.165, 1.54) is 0 Å². The minimum Gasteiger partial charge on any atom is -0.332 e. The Hall–Kier alpha value is -2.18. The standard InChI is InChI=1S/C23H30N2O3S/c1-18(2)24(17-20-10-5-4-6-11-20)23(26)21-12-14-22(15-13-21)29(27,28)25-16-8-7-9-19(25)3/h4-6,10-15,18-19H,7-9,16-17H2,1-3H3. The van der Waals surface area contributed by atoms with Gasteiger partial charge in [0, 0.05) is 30.7 Å². The highest BCUT2D eigenvalue weighted by Crippen LogP contribution is 2.25. The first-order valence-electron chi connectivity index (χ1n) is 10.3. The molecule has 0 spiro atoms. The van der Waals surface area contributed by atoms with Gasteiger partial charge in [0.25, 0.3) is 5.91 Å². The van der Waals surface area contributed by atoms with E-state index >= 15 is 0 Å². The average molecular weight is 415 g/mol. The van der Waals surface area contributed by atoms with Crippen molar-refractivity contribution in [3.8, 4) is 0 Å². The summed E-state index contributed by atoms with van der Waals surface area (Å²) in [4.78, 5) is 15.1. The zero-order valence-corrected chi connectivity index (χ0v) is 18.2. The van der Waals surface area contributed by atoms with Crippen LogP contribution in [-0.4, -0.2) is 42.2 Å². The van der Waals surface area contributed by atoms with Crippen LogP contribution in [-0.2, 0) is 16.6 Å². The lowest BCUT2D eigenvalue weighted by molar-refractivity contribution is 0.0690. The summed E-state index contributed by atoms with van der Waals surface area (Å²) in [6.07, 6.45) is 2.84. The Morgan fingerprint density at radius 2 is 1.72 bits per heavy atom. The van der Waals surface area contributed by atoms with Crippen LogP contribution in [0.4, 0.5) is 0 Å². The van der Waals surface area contributed by atoms with Gasteiger partial charge < -0.3 is 4.90 Å². The van der Waals surface area contributed by atoms with Crippen molar-refractivity contribution < 1.29 is 13.2 Å². The van der Waals surface area contributed by atoms with Gasteiger partial charge in [0.2, 0.25) is 10.0 Å². The molecule has 1 heterocycles. The fourth-order valence-corrected chi connectivity index (χ4v) is 5.47. The average Bonchev–Trinajstić information content (AvgIpc) is 2.72. The van der Waals surface area contributed by atoms with Crippen LogP contribution >= 0.6 is 0 Å². The van der Waals surface area contributed by atoms with Crippen molar-refractivity contribution >= 4 is 15.9 Å². The van der Waals surface area contributed by atoms with Crippen LogP contribution in [0.1, 0.15) is 56.0 Å². The third-order valence-electron chi connectivity index (χ3n) is 5.53. The lowest BCUT2D eigenvalue weighted by Crippen LogP contribution is -2.41. The monoisotopic (exact) mass is 414 g/mol. The molecule has 3 rings (SSSR count). The number of carbonyl (C=O) groups is 1. The summed E-state index contributed by atoms with van der Waals surface area (Å²) in [7, 11) is -3.53. The molecule has 1 aliphatic rings. The van der Waals surface area contributed by atoms with E-state index in [1.54, 1.807) is 33.5 Å². The molecule has 0 aliphatic carbocycles. The van der Waals surface area contributed by atoms with Gasteiger partial charge in [0.05, 0.1) is 4.90 Å². The molecule has 1 amide bonds. The number of rotatable bonds is 6. The quantitative estimate of drug-likeness (QED) is 0.708. The van der Waals surface area contributed by atoms with E-state index < -0.39 is 10.0 Å². The van der Waals surface area contributed by atoms with Crippen LogP contribution < -0.4 is 0 Å². The van der Waals surface area contributed by atoms with Crippen LogP contribution in [0.3, 0.4) is 0 Å². The summed E-state index contributed by atoms with van der Waals surface area (Å²) in [5.41, 5.74) is 1.56. The molecule has 1 unspecified atom stereocenters. The van der Waals surface area contributed by atoms with Crippen molar-refractivity contribution in [3.05, 3.63) is 65.7 Å². The molecule has 2 aromatic carbocycles. The van der Waals surface area contributed by atoms with Crippen molar-refractivity contribution in [1.82, 2.24) is 9.21 Å². The highest BCUT2D eigenvalue weighted by molar-refractivity contribution is 7.89. The molecule has 0 aromatic heterocycles. The largest absolute Gasteiger partial charge is 0.332 e. The second-order valence-electron chi connectivity index (χ2n) is 8.00. The highest BCUT2D eigenvalue weighted by Gasteiger charge is 2.31. The van der Waals surface area contributed by atoms with Gasteiger partial charge >= 0.3 is 0 Å². The predicted molar refractivity (Wildman–Crippen MR) is 115 cm³/mol. The lowest BCUT2D eigenvalue weighted by atomic mass is 10.1. The molecule has 0 radical (unpaired) electrons. The number of hydrogen-bond donors (Lipinski definition) is 0. The summed E-state index contributed by atoms with van der Waals surface area (Å²) in [5, 5.41) is 0. The molecule has 6 heteroatoms. The first-order chi connectivity index (χ1) is 13.8. The molecule has 156 valence electrons. The maximum atomic E-state index is 13.1. The molecule has 0 saturated carbocycles. The summed E-state index contributed by atoms with van der Waals surface area (Å²) >= 11 is 0. The van der Waals surface area contributed by atoms with Crippen molar-refractivity contribution in [2.24, 2.45) is 0 Å². The van der Waals surface area contributed by atoms with E-state index in [9.17, 15) is 13.2 Å². The van der Waals surface area contributed by atoms with Gasteiger partial charge in [-0.1, -0.05) is 36.8 Å². The van der Waals surface area contributed by atoms with E-state index in [4.69, 9.17) is 0 Å². The van der Waals surface area contributed by atoms with Crippen LogP contribution in [0.15, 0.2) is 59.5 Å². The van der Waals surface area contributed by atoms with Gasteiger partial charge in [-0.05, 0) is 63.4 Å². The fraction of sp³-hybridized carbons (Fsp3) is 0.435. The molecular formula is C23H30N2O3S. The van der Waals surface area contributed by atoms with E-state index in [0.717, 1.165) is 24.8 Å². The molecule has 5 nitrogen and oxygen atoms in total. The normalized spacial score (nSPS) is 18.0. The maximum absolute atomic E-state index is 13.1. The lowest BCUT2D eigenvalue weighted by Gasteiger charge is -2.32. The van der Waals surface area contributed by atoms with Crippen LogP contribution in [0, 0.1) is 0 Å². The van der Waals surface area contributed by atoms with E-state index in [0.29, 0.717) is 18.7 Å². The molecule has 0 N–H and O–H groups in total. The second-order valence-corrected chi connectivity index (χ2v) is 9.89. The van der Waals surface area contributed by atoms with Crippen molar-refractivity contribution in [1.29, 1.82) is 0 Å². The van der Waals surface area contributed by atoms with Crippen molar-refractivity contribution in [3.63, 3.8) is 0 Å². The summed E-state index contributed by atoms with van der Waals surface area (Å²) in [6.45, 7) is 7.00. The second kappa shape index (κ2) is 9.09. The summed E-state index contributed by atoms with van der Waals surface area (Å²) in [6, 6.07) is 16.3. The third kappa shape index (κ3) is 4.87. The first-order valence-corrected chi connectivity index (χ1v) is 11.7.